The van der Waals surface area contributed by atoms with Crippen LogP contribution in [0, 0.1) is 12.3 Å². The number of hydrogen-bond donors (Lipinski definition) is 2. The van der Waals surface area contributed by atoms with E-state index in [1.165, 1.54) is 0 Å². The first kappa shape index (κ1) is 13.6. The van der Waals surface area contributed by atoms with Gasteiger partial charge in [-0.15, -0.1) is 6.42 Å². The minimum atomic E-state index is -0.129. The monoisotopic (exact) mass is 275 g/mol. The second-order valence-electron chi connectivity index (χ2n) is 5.00. The van der Waals surface area contributed by atoms with Gasteiger partial charge in [-0.25, -0.2) is 4.98 Å². The van der Waals surface area contributed by atoms with E-state index in [2.05, 4.69) is 23.4 Å². The van der Waals surface area contributed by atoms with Crippen molar-refractivity contribution in [3.8, 4) is 12.3 Å². The van der Waals surface area contributed by atoms with Crippen LogP contribution in [-0.2, 0) is 0 Å². The minimum Gasteiger partial charge on any atom is -0.323 e. The van der Waals surface area contributed by atoms with Crippen molar-refractivity contribution in [2.45, 2.75) is 6.04 Å². The summed E-state index contributed by atoms with van der Waals surface area (Å²) < 4.78 is 0. The second-order valence-corrected chi connectivity index (χ2v) is 5.00. The molecule has 1 heterocycles. The van der Waals surface area contributed by atoms with Crippen LogP contribution in [0.1, 0.15) is 11.6 Å². The molecule has 104 valence electrons. The Labute approximate surface area is 124 Å². The summed E-state index contributed by atoms with van der Waals surface area (Å²) in [5, 5.41) is 5.39. The number of fused-ring (bicyclic) bond motifs is 2. The van der Waals surface area contributed by atoms with Gasteiger partial charge in [-0.3, -0.25) is 0 Å². The summed E-state index contributed by atoms with van der Waals surface area (Å²) in [7, 11) is 0. The largest absolute Gasteiger partial charge is 0.323 e. The van der Waals surface area contributed by atoms with Crippen molar-refractivity contribution < 1.29 is 0 Å². The highest BCUT2D eigenvalue weighted by atomic mass is 14.9. The summed E-state index contributed by atoms with van der Waals surface area (Å²) in [6.45, 7) is 1.16. The van der Waals surface area contributed by atoms with Crippen molar-refractivity contribution in [2.24, 2.45) is 5.73 Å². The lowest BCUT2D eigenvalue weighted by Gasteiger charge is -2.17. The van der Waals surface area contributed by atoms with Gasteiger partial charge in [0, 0.05) is 23.4 Å². The minimum absolute atomic E-state index is 0.129. The number of pyridine rings is 1. The van der Waals surface area contributed by atoms with Gasteiger partial charge < -0.3 is 11.1 Å². The maximum absolute atomic E-state index is 6.41. The molecular weight excluding hydrogens is 258 g/mol. The number of aromatic nitrogens is 1. The van der Waals surface area contributed by atoms with Crippen molar-refractivity contribution in [3.05, 3.63) is 54.1 Å². The maximum atomic E-state index is 6.41. The van der Waals surface area contributed by atoms with Crippen LogP contribution in [-0.4, -0.2) is 18.1 Å². The molecule has 0 amide bonds. The molecule has 0 spiro atoms. The van der Waals surface area contributed by atoms with Crippen molar-refractivity contribution in [1.82, 2.24) is 10.3 Å². The Morgan fingerprint density at radius 1 is 1.05 bits per heavy atom. The van der Waals surface area contributed by atoms with E-state index in [1.807, 2.05) is 36.4 Å². The Morgan fingerprint density at radius 2 is 1.62 bits per heavy atom. The number of nitrogens with one attached hydrogen (secondary N) is 1. The van der Waals surface area contributed by atoms with Gasteiger partial charge >= 0.3 is 0 Å². The Kier molecular flexibility index (Phi) is 3.83. The molecule has 0 aliphatic carbocycles. The smallest absolute Gasteiger partial charge is 0.0713 e. The summed E-state index contributed by atoms with van der Waals surface area (Å²) in [5.41, 5.74) is 9.48. The highest BCUT2D eigenvalue weighted by molar-refractivity contribution is 5.97. The zero-order valence-electron chi connectivity index (χ0n) is 11.7. The van der Waals surface area contributed by atoms with Gasteiger partial charge in [0.1, 0.15) is 0 Å². The Balaban J connectivity index is 2.18. The molecule has 21 heavy (non-hydrogen) atoms. The molecule has 3 nitrogen and oxygen atoms in total. The summed E-state index contributed by atoms with van der Waals surface area (Å²) in [6, 6.07) is 16.1. The molecule has 0 aliphatic heterocycles. The molecule has 0 radical (unpaired) electrons. The van der Waals surface area contributed by atoms with Crippen molar-refractivity contribution in [2.75, 3.05) is 13.1 Å². The van der Waals surface area contributed by atoms with Crippen LogP contribution in [0.3, 0.4) is 0 Å². The SMILES string of the molecule is C#CCNCC(N)c1c2ccccc2nc2ccccc12. The van der Waals surface area contributed by atoms with Crippen LogP contribution in [0.15, 0.2) is 48.5 Å². The molecule has 3 rings (SSSR count). The zero-order chi connectivity index (χ0) is 14.7. The molecule has 1 unspecified atom stereocenters. The third kappa shape index (κ3) is 2.59. The first-order valence-corrected chi connectivity index (χ1v) is 6.98. The fraction of sp³-hybridized carbons (Fsp3) is 0.167. The van der Waals surface area contributed by atoms with Crippen molar-refractivity contribution in [3.63, 3.8) is 0 Å². The average Bonchev–Trinajstić information content (AvgIpc) is 2.52. The number of nitrogens with two attached hydrogens (primary N) is 1. The van der Waals surface area contributed by atoms with E-state index in [9.17, 15) is 0 Å². The number of terminal acetylenes is 1. The van der Waals surface area contributed by atoms with Crippen molar-refractivity contribution >= 4 is 21.8 Å². The van der Waals surface area contributed by atoms with Gasteiger partial charge in [0.2, 0.25) is 0 Å². The number of rotatable bonds is 4. The zero-order valence-corrected chi connectivity index (χ0v) is 11.7. The lowest BCUT2D eigenvalue weighted by molar-refractivity contribution is 0.640. The van der Waals surface area contributed by atoms with Crippen LogP contribution in [0.25, 0.3) is 21.8 Å². The predicted octanol–water partition coefficient (Wildman–Crippen LogP) is 2.61. The molecule has 2 aromatic carbocycles. The van der Waals surface area contributed by atoms with Gasteiger partial charge in [0.15, 0.2) is 0 Å². The molecule has 0 bridgehead atoms. The van der Waals surface area contributed by atoms with Gasteiger partial charge in [-0.1, -0.05) is 42.3 Å². The second kappa shape index (κ2) is 5.92. The van der Waals surface area contributed by atoms with Crippen LogP contribution in [0.5, 0.6) is 0 Å². The summed E-state index contributed by atoms with van der Waals surface area (Å²) in [4.78, 5) is 4.71. The van der Waals surface area contributed by atoms with E-state index in [0.29, 0.717) is 13.1 Å². The number of para-hydroxylation sites is 2. The Hall–Kier alpha value is -2.41. The third-order valence-electron chi connectivity index (χ3n) is 3.59. The summed E-state index contributed by atoms with van der Waals surface area (Å²) in [5.74, 6) is 2.57. The molecular formula is C18H17N3. The number of nitrogens with zero attached hydrogens (tertiary/aromatic N) is 1. The molecule has 3 aromatic rings. The van der Waals surface area contributed by atoms with Crippen LogP contribution in [0.4, 0.5) is 0 Å². The van der Waals surface area contributed by atoms with Gasteiger partial charge in [-0.05, 0) is 17.7 Å². The van der Waals surface area contributed by atoms with E-state index < -0.39 is 0 Å². The lowest BCUT2D eigenvalue weighted by atomic mass is 9.97. The fourth-order valence-electron chi connectivity index (χ4n) is 2.67. The first-order valence-electron chi connectivity index (χ1n) is 6.98. The third-order valence-corrected chi connectivity index (χ3v) is 3.59. The van der Waals surface area contributed by atoms with E-state index in [1.54, 1.807) is 0 Å². The van der Waals surface area contributed by atoms with E-state index in [-0.39, 0.29) is 6.04 Å². The molecule has 0 saturated heterocycles. The summed E-state index contributed by atoms with van der Waals surface area (Å²) >= 11 is 0. The standard InChI is InChI=1S/C18H17N3/c1-2-11-20-12-15(19)18-13-7-3-5-9-16(13)21-17-10-6-4-8-14(17)18/h1,3-10,15,20H,11-12,19H2. The molecule has 0 saturated carbocycles. The average molecular weight is 275 g/mol. The van der Waals surface area contributed by atoms with Gasteiger partial charge in [-0.2, -0.15) is 0 Å². The van der Waals surface area contributed by atoms with Crippen molar-refractivity contribution in [1.29, 1.82) is 0 Å². The maximum Gasteiger partial charge on any atom is 0.0713 e. The number of benzene rings is 2. The van der Waals surface area contributed by atoms with Gasteiger partial charge in [0.25, 0.3) is 0 Å². The normalized spacial score (nSPS) is 12.4. The molecule has 1 aromatic heterocycles. The van der Waals surface area contributed by atoms with E-state index in [4.69, 9.17) is 17.1 Å². The molecule has 3 N–H and O–H groups in total. The van der Waals surface area contributed by atoms with Crippen LogP contribution in [0.2, 0.25) is 0 Å². The van der Waals surface area contributed by atoms with E-state index in [0.717, 1.165) is 27.4 Å². The summed E-state index contributed by atoms with van der Waals surface area (Å²) in [6.07, 6.45) is 5.27. The van der Waals surface area contributed by atoms with Crippen LogP contribution >= 0.6 is 0 Å². The van der Waals surface area contributed by atoms with Crippen LogP contribution < -0.4 is 11.1 Å². The Bertz CT molecular complexity index is 763. The van der Waals surface area contributed by atoms with Gasteiger partial charge in [0.05, 0.1) is 17.6 Å². The first-order chi connectivity index (χ1) is 10.3. The molecule has 3 heteroatoms. The fourth-order valence-corrected chi connectivity index (χ4v) is 2.67. The highest BCUT2D eigenvalue weighted by Gasteiger charge is 2.14. The molecule has 0 fully saturated rings. The Morgan fingerprint density at radius 3 is 2.19 bits per heavy atom. The lowest BCUT2D eigenvalue weighted by Crippen LogP contribution is -2.27. The predicted molar refractivity (Wildman–Crippen MR) is 87.9 cm³/mol. The van der Waals surface area contributed by atoms with E-state index >= 15 is 0 Å². The topological polar surface area (TPSA) is 50.9 Å². The highest BCUT2D eigenvalue weighted by Crippen LogP contribution is 2.29. The molecule has 0 aliphatic rings. The molecule has 1 atom stereocenters. The number of hydrogen-bond acceptors (Lipinski definition) is 3. The quantitative estimate of drug-likeness (QED) is 0.437.